The first kappa shape index (κ1) is 13.0. The normalized spacial score (nSPS) is 17.4. The predicted molar refractivity (Wildman–Crippen MR) is 60.1 cm³/mol. The molecule has 2 N–H and O–H groups in total. The van der Waals surface area contributed by atoms with Gasteiger partial charge in [-0.05, 0) is 32.9 Å². The zero-order valence-electron chi connectivity index (χ0n) is 9.74. The molecule has 92 valence electrons. The molecular weight excluding hydrogens is 208 g/mol. The minimum Gasteiger partial charge on any atom is -0.481 e. The van der Waals surface area contributed by atoms with Crippen molar-refractivity contribution in [3.8, 4) is 0 Å². The van der Waals surface area contributed by atoms with Crippen LogP contribution in [0.4, 0.5) is 0 Å². The van der Waals surface area contributed by atoms with Crippen LogP contribution in [0, 0.1) is 5.92 Å². The summed E-state index contributed by atoms with van der Waals surface area (Å²) in [5.74, 6) is -0.845. The van der Waals surface area contributed by atoms with Crippen LogP contribution in [-0.2, 0) is 9.59 Å². The average Bonchev–Trinajstić information content (AvgIpc) is 2.29. The average molecular weight is 228 g/mol. The van der Waals surface area contributed by atoms with Crippen LogP contribution in [0.5, 0.6) is 0 Å². The fraction of sp³-hybridized carbons (Fsp3) is 0.818. The topological polar surface area (TPSA) is 69.6 Å². The van der Waals surface area contributed by atoms with Gasteiger partial charge in [-0.25, -0.2) is 0 Å². The highest BCUT2D eigenvalue weighted by Gasteiger charge is 2.26. The summed E-state index contributed by atoms with van der Waals surface area (Å²) < 4.78 is 0. The molecule has 1 amide bonds. The van der Waals surface area contributed by atoms with E-state index in [2.05, 4.69) is 5.32 Å². The van der Waals surface area contributed by atoms with Crippen molar-refractivity contribution >= 4 is 11.9 Å². The number of piperidine rings is 1. The van der Waals surface area contributed by atoms with E-state index in [1.807, 2.05) is 7.05 Å². The van der Waals surface area contributed by atoms with Gasteiger partial charge in [0.15, 0.2) is 0 Å². The molecule has 16 heavy (non-hydrogen) atoms. The lowest BCUT2D eigenvalue weighted by atomic mass is 9.97. The SMILES string of the molecule is CNCCCC(=O)N1CCC(C(=O)O)CC1. The van der Waals surface area contributed by atoms with Crippen LogP contribution in [0.3, 0.4) is 0 Å². The van der Waals surface area contributed by atoms with Crippen molar-refractivity contribution < 1.29 is 14.7 Å². The third kappa shape index (κ3) is 3.81. The molecule has 0 spiro atoms. The van der Waals surface area contributed by atoms with Gasteiger partial charge in [0.1, 0.15) is 0 Å². The molecule has 0 atom stereocenters. The van der Waals surface area contributed by atoms with Gasteiger partial charge in [0.05, 0.1) is 5.92 Å². The number of carboxylic acid groups (broad SMARTS) is 1. The first-order valence-electron chi connectivity index (χ1n) is 5.80. The van der Waals surface area contributed by atoms with Crippen LogP contribution in [0.25, 0.3) is 0 Å². The van der Waals surface area contributed by atoms with Crippen LogP contribution in [-0.4, -0.2) is 48.6 Å². The second kappa shape index (κ2) is 6.48. The quantitative estimate of drug-likeness (QED) is 0.664. The number of aliphatic carboxylic acids is 1. The van der Waals surface area contributed by atoms with E-state index in [9.17, 15) is 9.59 Å². The van der Waals surface area contributed by atoms with Gasteiger partial charge < -0.3 is 15.3 Å². The smallest absolute Gasteiger partial charge is 0.306 e. The molecular formula is C11H20N2O3. The first-order chi connectivity index (χ1) is 7.65. The number of nitrogens with one attached hydrogen (secondary N) is 1. The van der Waals surface area contributed by atoms with E-state index in [1.165, 1.54) is 0 Å². The molecule has 1 aliphatic rings. The van der Waals surface area contributed by atoms with Crippen molar-refractivity contribution in [2.24, 2.45) is 5.92 Å². The number of carboxylic acids is 1. The van der Waals surface area contributed by atoms with Gasteiger partial charge in [-0.15, -0.1) is 0 Å². The largest absolute Gasteiger partial charge is 0.481 e. The molecule has 5 nitrogen and oxygen atoms in total. The van der Waals surface area contributed by atoms with E-state index >= 15 is 0 Å². The highest BCUT2D eigenvalue weighted by molar-refractivity contribution is 5.77. The molecule has 1 saturated heterocycles. The van der Waals surface area contributed by atoms with Gasteiger partial charge in [0, 0.05) is 19.5 Å². The third-order valence-electron chi connectivity index (χ3n) is 3.01. The first-order valence-corrected chi connectivity index (χ1v) is 5.80. The Hall–Kier alpha value is -1.10. The van der Waals surface area contributed by atoms with Crippen LogP contribution >= 0.6 is 0 Å². The Morgan fingerprint density at radius 1 is 1.38 bits per heavy atom. The zero-order chi connectivity index (χ0) is 12.0. The molecule has 0 unspecified atom stereocenters. The highest BCUT2D eigenvalue weighted by atomic mass is 16.4. The van der Waals surface area contributed by atoms with Crippen LogP contribution < -0.4 is 5.32 Å². The van der Waals surface area contributed by atoms with Crippen molar-refractivity contribution in [3.63, 3.8) is 0 Å². The van der Waals surface area contributed by atoms with E-state index in [4.69, 9.17) is 5.11 Å². The van der Waals surface area contributed by atoms with Crippen LogP contribution in [0.2, 0.25) is 0 Å². The predicted octanol–water partition coefficient (Wildman–Crippen LogP) is 0.309. The van der Waals surface area contributed by atoms with Gasteiger partial charge in [-0.2, -0.15) is 0 Å². The summed E-state index contributed by atoms with van der Waals surface area (Å²) in [6.45, 7) is 2.03. The van der Waals surface area contributed by atoms with Crippen molar-refractivity contribution in [3.05, 3.63) is 0 Å². The Bertz CT molecular complexity index is 248. The molecule has 0 aliphatic carbocycles. The highest BCUT2D eigenvalue weighted by Crippen LogP contribution is 2.17. The van der Waals surface area contributed by atoms with Crippen molar-refractivity contribution in [2.45, 2.75) is 25.7 Å². The van der Waals surface area contributed by atoms with Crippen molar-refractivity contribution in [1.82, 2.24) is 10.2 Å². The van der Waals surface area contributed by atoms with Gasteiger partial charge in [-0.3, -0.25) is 9.59 Å². The second-order valence-corrected chi connectivity index (χ2v) is 4.20. The molecule has 0 bridgehead atoms. The fourth-order valence-electron chi connectivity index (χ4n) is 1.95. The minimum absolute atomic E-state index is 0.152. The summed E-state index contributed by atoms with van der Waals surface area (Å²) in [7, 11) is 1.86. The Kier molecular flexibility index (Phi) is 5.25. The van der Waals surface area contributed by atoms with Gasteiger partial charge in [0.2, 0.25) is 5.91 Å². The third-order valence-corrected chi connectivity index (χ3v) is 3.01. The molecule has 1 aliphatic heterocycles. The molecule has 0 saturated carbocycles. The number of carbonyl (C=O) groups excluding carboxylic acids is 1. The summed E-state index contributed by atoms with van der Waals surface area (Å²) in [4.78, 5) is 24.2. The lowest BCUT2D eigenvalue weighted by molar-refractivity contribution is -0.145. The zero-order valence-corrected chi connectivity index (χ0v) is 9.74. The summed E-state index contributed by atoms with van der Waals surface area (Å²) in [6, 6.07) is 0. The fourth-order valence-corrected chi connectivity index (χ4v) is 1.95. The summed E-state index contributed by atoms with van der Waals surface area (Å²) in [5.41, 5.74) is 0. The molecule has 1 heterocycles. The number of nitrogens with zero attached hydrogens (tertiary/aromatic N) is 1. The Balaban J connectivity index is 2.25. The Morgan fingerprint density at radius 2 is 2.00 bits per heavy atom. The number of amides is 1. The molecule has 0 aromatic heterocycles. The number of likely N-dealkylation sites (tertiary alicyclic amines) is 1. The molecule has 0 radical (unpaired) electrons. The number of hydrogen-bond acceptors (Lipinski definition) is 3. The monoisotopic (exact) mass is 228 g/mol. The maximum Gasteiger partial charge on any atom is 0.306 e. The Labute approximate surface area is 95.8 Å². The number of carbonyl (C=O) groups is 2. The molecule has 1 rings (SSSR count). The van der Waals surface area contributed by atoms with Crippen molar-refractivity contribution in [1.29, 1.82) is 0 Å². The summed E-state index contributed by atoms with van der Waals surface area (Å²) in [6.07, 6.45) is 2.58. The van der Waals surface area contributed by atoms with E-state index < -0.39 is 5.97 Å². The minimum atomic E-state index is -0.734. The lowest BCUT2D eigenvalue weighted by Crippen LogP contribution is -2.40. The molecule has 1 fully saturated rings. The van der Waals surface area contributed by atoms with Crippen molar-refractivity contribution in [2.75, 3.05) is 26.7 Å². The van der Waals surface area contributed by atoms with Crippen LogP contribution in [0.1, 0.15) is 25.7 Å². The summed E-state index contributed by atoms with van der Waals surface area (Å²) in [5, 5.41) is 11.8. The van der Waals surface area contributed by atoms with Gasteiger partial charge in [0.25, 0.3) is 0 Å². The van der Waals surface area contributed by atoms with E-state index in [0.29, 0.717) is 32.4 Å². The van der Waals surface area contributed by atoms with E-state index in [1.54, 1.807) is 4.90 Å². The second-order valence-electron chi connectivity index (χ2n) is 4.20. The Morgan fingerprint density at radius 3 is 2.50 bits per heavy atom. The van der Waals surface area contributed by atoms with E-state index in [-0.39, 0.29) is 11.8 Å². The molecule has 0 aromatic carbocycles. The molecule has 5 heteroatoms. The van der Waals surface area contributed by atoms with Crippen LogP contribution in [0.15, 0.2) is 0 Å². The van der Waals surface area contributed by atoms with Gasteiger partial charge in [-0.1, -0.05) is 0 Å². The van der Waals surface area contributed by atoms with Gasteiger partial charge >= 0.3 is 5.97 Å². The summed E-state index contributed by atoms with van der Waals surface area (Å²) >= 11 is 0. The maximum atomic E-state index is 11.7. The number of rotatable bonds is 5. The lowest BCUT2D eigenvalue weighted by Gasteiger charge is -2.30. The standard InChI is InChI=1S/C11H20N2O3/c1-12-6-2-3-10(14)13-7-4-9(5-8-13)11(15)16/h9,12H,2-8H2,1H3,(H,15,16). The maximum absolute atomic E-state index is 11.7. The number of hydrogen-bond donors (Lipinski definition) is 2. The molecule has 0 aromatic rings. The van der Waals surface area contributed by atoms with E-state index in [0.717, 1.165) is 13.0 Å².